The Morgan fingerprint density at radius 1 is 1.33 bits per heavy atom. The monoisotopic (exact) mass is 227 g/mol. The first-order valence-corrected chi connectivity index (χ1v) is 5.66. The molecule has 0 aromatic heterocycles. The summed E-state index contributed by atoms with van der Waals surface area (Å²) in [6.45, 7) is 1.71. The second-order valence-corrected chi connectivity index (χ2v) is 4.80. The Labute approximate surface area is 94.4 Å². The molecule has 1 aliphatic rings. The second kappa shape index (κ2) is 3.76. The molecule has 1 aromatic carbocycles. The smallest absolute Gasteiger partial charge is 0.145 e. The molecule has 1 nitrogen and oxygen atoms in total. The number of hydrogen-bond donors (Lipinski definition) is 1. The summed E-state index contributed by atoms with van der Waals surface area (Å²) >= 11 is 6.01. The van der Waals surface area contributed by atoms with Crippen LogP contribution in [-0.4, -0.2) is 0 Å². The number of hydrogen-bond acceptors (Lipinski definition) is 1. The first-order chi connectivity index (χ1) is 7.04. The van der Waals surface area contributed by atoms with Crippen molar-refractivity contribution in [2.75, 3.05) is 0 Å². The van der Waals surface area contributed by atoms with Gasteiger partial charge < -0.3 is 5.73 Å². The summed E-state index contributed by atoms with van der Waals surface area (Å²) in [5.74, 6) is -0.328. The van der Waals surface area contributed by atoms with Crippen LogP contribution in [0.15, 0.2) is 12.1 Å². The highest BCUT2D eigenvalue weighted by Gasteiger charge is 2.33. The van der Waals surface area contributed by atoms with E-state index in [-0.39, 0.29) is 10.8 Å². The average molecular weight is 228 g/mol. The fraction of sp³-hybridized carbons (Fsp3) is 0.500. The number of rotatable bonds is 1. The molecule has 0 aliphatic heterocycles. The fourth-order valence-electron chi connectivity index (χ4n) is 2.31. The van der Waals surface area contributed by atoms with E-state index < -0.39 is 5.54 Å². The molecule has 0 bridgehead atoms. The highest BCUT2D eigenvalue weighted by atomic mass is 35.5. The maximum atomic E-state index is 13.6. The fourth-order valence-corrected chi connectivity index (χ4v) is 2.71. The Hall–Kier alpha value is -0.600. The molecule has 0 spiro atoms. The molecule has 1 fully saturated rings. The predicted molar refractivity (Wildman–Crippen MR) is 60.5 cm³/mol. The Kier molecular flexibility index (Phi) is 2.73. The molecule has 2 rings (SSSR count). The van der Waals surface area contributed by atoms with Crippen molar-refractivity contribution in [3.8, 4) is 0 Å². The number of aryl methyl sites for hydroxylation is 1. The minimum atomic E-state index is -0.411. The van der Waals surface area contributed by atoms with Crippen LogP contribution in [0.4, 0.5) is 4.39 Å². The quantitative estimate of drug-likeness (QED) is 0.781. The van der Waals surface area contributed by atoms with Crippen LogP contribution in [0.25, 0.3) is 0 Å². The molecule has 15 heavy (non-hydrogen) atoms. The van der Waals surface area contributed by atoms with E-state index in [1.54, 1.807) is 13.0 Å². The van der Waals surface area contributed by atoms with Gasteiger partial charge in [0.15, 0.2) is 0 Å². The largest absolute Gasteiger partial charge is 0.321 e. The van der Waals surface area contributed by atoms with Crippen LogP contribution < -0.4 is 5.73 Å². The molecule has 1 aliphatic carbocycles. The normalized spacial score (nSPS) is 19.5. The molecule has 0 amide bonds. The lowest BCUT2D eigenvalue weighted by molar-refractivity contribution is 0.457. The Morgan fingerprint density at radius 3 is 2.53 bits per heavy atom. The van der Waals surface area contributed by atoms with E-state index in [0.717, 1.165) is 31.2 Å². The van der Waals surface area contributed by atoms with Gasteiger partial charge in [-0.25, -0.2) is 4.39 Å². The molecular formula is C12H15ClFN. The van der Waals surface area contributed by atoms with Gasteiger partial charge in [-0.05, 0) is 30.9 Å². The topological polar surface area (TPSA) is 26.0 Å². The third-order valence-corrected chi connectivity index (χ3v) is 3.68. The summed E-state index contributed by atoms with van der Waals surface area (Å²) in [7, 11) is 0. The summed E-state index contributed by atoms with van der Waals surface area (Å²) in [6.07, 6.45) is 4.00. The molecule has 3 heteroatoms. The van der Waals surface area contributed by atoms with Gasteiger partial charge in [-0.1, -0.05) is 36.6 Å². The van der Waals surface area contributed by atoms with Crippen molar-refractivity contribution in [3.05, 3.63) is 34.1 Å². The van der Waals surface area contributed by atoms with E-state index in [4.69, 9.17) is 17.3 Å². The minimum absolute atomic E-state index is 0.208. The zero-order valence-corrected chi connectivity index (χ0v) is 9.57. The van der Waals surface area contributed by atoms with E-state index in [1.807, 2.05) is 6.07 Å². The van der Waals surface area contributed by atoms with Crippen molar-refractivity contribution in [1.29, 1.82) is 0 Å². The van der Waals surface area contributed by atoms with E-state index in [1.165, 1.54) is 0 Å². The maximum absolute atomic E-state index is 13.6. The molecule has 0 radical (unpaired) electrons. The minimum Gasteiger partial charge on any atom is -0.321 e. The number of benzene rings is 1. The summed E-state index contributed by atoms with van der Waals surface area (Å²) in [5.41, 5.74) is 7.18. The Morgan fingerprint density at radius 2 is 1.93 bits per heavy atom. The van der Waals surface area contributed by atoms with Crippen molar-refractivity contribution in [3.63, 3.8) is 0 Å². The summed E-state index contributed by atoms with van der Waals surface area (Å²) in [5, 5.41) is 0.208. The van der Waals surface area contributed by atoms with Crippen LogP contribution in [0, 0.1) is 12.7 Å². The highest BCUT2D eigenvalue weighted by Crippen LogP contribution is 2.40. The van der Waals surface area contributed by atoms with Crippen molar-refractivity contribution in [2.24, 2.45) is 5.73 Å². The van der Waals surface area contributed by atoms with Gasteiger partial charge in [-0.15, -0.1) is 0 Å². The van der Waals surface area contributed by atoms with E-state index in [0.29, 0.717) is 5.56 Å². The third kappa shape index (κ3) is 1.77. The highest BCUT2D eigenvalue weighted by molar-refractivity contribution is 6.31. The standard InChI is InChI=1S/C12H15ClFN/c1-8-4-5-9(10(13)11(8)14)12(15)6-2-3-7-12/h4-5H,2-3,6-7,15H2,1H3. The Balaban J connectivity index is 2.49. The summed E-state index contributed by atoms with van der Waals surface area (Å²) in [4.78, 5) is 0. The van der Waals surface area contributed by atoms with Crippen LogP contribution in [0.3, 0.4) is 0 Å². The van der Waals surface area contributed by atoms with Crippen molar-refractivity contribution in [1.82, 2.24) is 0 Å². The maximum Gasteiger partial charge on any atom is 0.145 e. The second-order valence-electron chi connectivity index (χ2n) is 4.42. The van der Waals surface area contributed by atoms with Crippen LogP contribution >= 0.6 is 11.6 Å². The molecule has 2 N–H and O–H groups in total. The molecule has 82 valence electrons. The van der Waals surface area contributed by atoms with E-state index in [9.17, 15) is 4.39 Å². The molecular weight excluding hydrogens is 213 g/mol. The molecule has 0 unspecified atom stereocenters. The summed E-state index contributed by atoms with van der Waals surface area (Å²) in [6, 6.07) is 3.62. The molecule has 0 heterocycles. The molecule has 1 aromatic rings. The van der Waals surface area contributed by atoms with Gasteiger partial charge in [-0.3, -0.25) is 0 Å². The van der Waals surface area contributed by atoms with Crippen LogP contribution in [0.5, 0.6) is 0 Å². The van der Waals surface area contributed by atoms with Gasteiger partial charge in [0.2, 0.25) is 0 Å². The zero-order chi connectivity index (χ0) is 11.1. The van der Waals surface area contributed by atoms with E-state index in [2.05, 4.69) is 0 Å². The predicted octanol–water partition coefficient (Wildman–Crippen LogP) is 3.52. The van der Waals surface area contributed by atoms with Crippen LogP contribution in [0.2, 0.25) is 5.02 Å². The zero-order valence-electron chi connectivity index (χ0n) is 8.82. The van der Waals surface area contributed by atoms with Gasteiger partial charge in [0.05, 0.1) is 5.02 Å². The first kappa shape index (κ1) is 10.9. The third-order valence-electron chi connectivity index (χ3n) is 3.31. The van der Waals surface area contributed by atoms with Gasteiger partial charge in [0.1, 0.15) is 5.82 Å². The summed E-state index contributed by atoms with van der Waals surface area (Å²) < 4.78 is 13.6. The van der Waals surface area contributed by atoms with Crippen molar-refractivity contribution >= 4 is 11.6 Å². The average Bonchev–Trinajstić information content (AvgIpc) is 2.62. The van der Waals surface area contributed by atoms with E-state index >= 15 is 0 Å². The van der Waals surface area contributed by atoms with Crippen molar-refractivity contribution in [2.45, 2.75) is 38.1 Å². The molecule has 1 saturated carbocycles. The number of nitrogens with two attached hydrogens (primary N) is 1. The van der Waals surface area contributed by atoms with Gasteiger partial charge in [0, 0.05) is 5.54 Å². The lowest BCUT2D eigenvalue weighted by atomic mass is 9.88. The SMILES string of the molecule is Cc1ccc(C2(N)CCCC2)c(Cl)c1F. The van der Waals surface area contributed by atoms with Crippen LogP contribution in [0.1, 0.15) is 36.8 Å². The van der Waals surface area contributed by atoms with Crippen LogP contribution in [-0.2, 0) is 5.54 Å². The first-order valence-electron chi connectivity index (χ1n) is 5.28. The molecule has 0 saturated heterocycles. The lowest BCUT2D eigenvalue weighted by Gasteiger charge is -2.25. The molecule has 0 atom stereocenters. The van der Waals surface area contributed by atoms with Crippen molar-refractivity contribution < 1.29 is 4.39 Å². The lowest BCUT2D eigenvalue weighted by Crippen LogP contribution is -2.33. The van der Waals surface area contributed by atoms with Gasteiger partial charge in [0.25, 0.3) is 0 Å². The van der Waals surface area contributed by atoms with Gasteiger partial charge in [-0.2, -0.15) is 0 Å². The van der Waals surface area contributed by atoms with Gasteiger partial charge >= 0.3 is 0 Å². The number of halogens is 2. The Bertz CT molecular complexity index is 383.